The number of hydrogen-bond acceptors (Lipinski definition) is 1. The monoisotopic (exact) mass is 371 g/mol. The number of hydrogen-bond donors (Lipinski definition) is 0. The first-order chi connectivity index (χ1) is 11.9. The summed E-state index contributed by atoms with van der Waals surface area (Å²) in [6.45, 7) is 7.43. The Morgan fingerprint density at radius 2 is 1.88 bits per heavy atom. The van der Waals surface area contributed by atoms with Crippen LogP contribution in [0.15, 0.2) is 48.7 Å². The van der Waals surface area contributed by atoms with Crippen molar-refractivity contribution in [2.24, 2.45) is 5.92 Å². The summed E-state index contributed by atoms with van der Waals surface area (Å²) in [4.78, 5) is 4.65. The molecule has 0 N–H and O–H groups in total. The number of aryl methyl sites for hydroxylation is 1. The number of benzene rings is 1. The highest BCUT2D eigenvalue weighted by Crippen LogP contribution is 2.52. The fourth-order valence-corrected chi connectivity index (χ4v) is 10.4. The third kappa shape index (κ3) is 4.54. The van der Waals surface area contributed by atoms with E-state index in [-0.39, 0.29) is 0 Å². The van der Waals surface area contributed by atoms with E-state index in [2.05, 4.69) is 50.0 Å². The van der Waals surface area contributed by atoms with Gasteiger partial charge in [-0.05, 0) is 59.7 Å². The topological polar surface area (TPSA) is 12.9 Å². The molecule has 3 rings (SSSR count). The summed E-state index contributed by atoms with van der Waals surface area (Å²) >= 11 is 6.00. The third-order valence-electron chi connectivity index (χ3n) is 6.30. The second-order valence-corrected chi connectivity index (χ2v) is 14.6. The maximum Gasteiger partial charge on any atom is 0.0653 e. The van der Waals surface area contributed by atoms with Crippen molar-refractivity contribution in [2.75, 3.05) is 0 Å². The summed E-state index contributed by atoms with van der Waals surface area (Å²) in [5.74, 6) is 0.880. The number of pyridine rings is 1. The van der Waals surface area contributed by atoms with Gasteiger partial charge in [0.15, 0.2) is 0 Å². The Kier molecular flexibility index (Phi) is 5.70. The van der Waals surface area contributed by atoms with Crippen LogP contribution in [0.25, 0.3) is 0 Å². The molecule has 1 aliphatic heterocycles. The first-order valence-electron chi connectivity index (χ1n) is 9.52. The van der Waals surface area contributed by atoms with Crippen LogP contribution in [0.5, 0.6) is 0 Å². The molecule has 3 heteroatoms. The number of halogens is 1. The van der Waals surface area contributed by atoms with Crippen LogP contribution in [0.3, 0.4) is 0 Å². The lowest BCUT2D eigenvalue weighted by atomic mass is 9.99. The maximum atomic E-state index is 6.00. The fourth-order valence-electron chi connectivity index (χ4n) is 4.46. The van der Waals surface area contributed by atoms with Crippen molar-refractivity contribution >= 4 is 19.7 Å². The van der Waals surface area contributed by atoms with Crippen LogP contribution < -0.4 is 0 Å². The van der Waals surface area contributed by atoms with Gasteiger partial charge in [-0.15, -0.1) is 0 Å². The van der Waals surface area contributed by atoms with Gasteiger partial charge in [0, 0.05) is 16.9 Å². The van der Waals surface area contributed by atoms with Crippen molar-refractivity contribution in [1.29, 1.82) is 0 Å². The largest absolute Gasteiger partial charge is 0.262 e. The van der Waals surface area contributed by atoms with Gasteiger partial charge in [-0.2, -0.15) is 0 Å². The van der Waals surface area contributed by atoms with E-state index in [1.54, 1.807) is 0 Å². The van der Waals surface area contributed by atoms with Crippen LogP contribution in [0.2, 0.25) is 22.1 Å². The fraction of sp³-hybridized carbons (Fsp3) is 0.500. The molecule has 0 amide bonds. The predicted molar refractivity (Wildman–Crippen MR) is 111 cm³/mol. The molecule has 0 saturated carbocycles. The molecule has 1 aliphatic rings. The Hall–Kier alpha value is -1.12. The molecule has 0 aliphatic carbocycles. The van der Waals surface area contributed by atoms with Crippen molar-refractivity contribution in [2.45, 2.75) is 63.2 Å². The molecule has 1 fully saturated rings. The van der Waals surface area contributed by atoms with E-state index in [9.17, 15) is 0 Å². The van der Waals surface area contributed by atoms with Gasteiger partial charge in [0.05, 0.1) is 8.07 Å². The highest BCUT2D eigenvalue weighted by Gasteiger charge is 2.49. The molecule has 1 aromatic carbocycles. The molecule has 2 unspecified atom stereocenters. The second kappa shape index (κ2) is 7.63. The normalized spacial score (nSPS) is 23.8. The van der Waals surface area contributed by atoms with Crippen LogP contribution in [0, 0.1) is 5.92 Å². The summed E-state index contributed by atoms with van der Waals surface area (Å²) in [6, 6.07) is 18.9. The Bertz CT molecular complexity index is 677. The van der Waals surface area contributed by atoms with Crippen molar-refractivity contribution in [3.05, 3.63) is 64.9 Å². The number of nitrogens with zero attached hydrogens (tertiary/aromatic N) is 1. The lowest BCUT2D eigenvalue weighted by Gasteiger charge is -2.40. The smallest absolute Gasteiger partial charge is 0.0653 e. The highest BCUT2D eigenvalue weighted by molar-refractivity contribution is 6.82. The minimum absolute atomic E-state index is 0.444. The van der Waals surface area contributed by atoms with Gasteiger partial charge < -0.3 is 0 Å². The van der Waals surface area contributed by atoms with E-state index >= 15 is 0 Å². The maximum absolute atomic E-state index is 6.00. The molecular formula is C22H30ClNSi. The van der Waals surface area contributed by atoms with Crippen molar-refractivity contribution in [3.63, 3.8) is 0 Å². The Balaban J connectivity index is 1.66. The van der Waals surface area contributed by atoms with Gasteiger partial charge in [-0.1, -0.05) is 69.1 Å². The van der Waals surface area contributed by atoms with Gasteiger partial charge in [-0.3, -0.25) is 4.98 Å². The van der Waals surface area contributed by atoms with Crippen LogP contribution >= 0.6 is 11.6 Å². The summed E-state index contributed by atoms with van der Waals surface area (Å²) in [6.07, 6.45) is 5.85. The molecule has 2 heterocycles. The van der Waals surface area contributed by atoms with E-state index in [4.69, 9.17) is 11.6 Å². The Morgan fingerprint density at radius 1 is 1.12 bits per heavy atom. The second-order valence-electron chi connectivity index (χ2n) is 8.80. The van der Waals surface area contributed by atoms with Gasteiger partial charge in [0.1, 0.15) is 0 Å². The molecule has 2 aromatic rings. The average molecular weight is 372 g/mol. The van der Waals surface area contributed by atoms with Crippen molar-refractivity contribution < 1.29 is 0 Å². The third-order valence-corrected chi connectivity index (χ3v) is 13.4. The molecule has 0 bridgehead atoms. The van der Waals surface area contributed by atoms with Gasteiger partial charge in [0.2, 0.25) is 0 Å². The van der Waals surface area contributed by atoms with Gasteiger partial charge in [0.25, 0.3) is 0 Å². The zero-order chi connectivity index (χ0) is 17.9. The van der Waals surface area contributed by atoms with Crippen LogP contribution in [0.4, 0.5) is 0 Å². The zero-order valence-corrected chi connectivity index (χ0v) is 17.5. The number of rotatable bonds is 5. The van der Waals surface area contributed by atoms with E-state index in [1.165, 1.54) is 48.7 Å². The van der Waals surface area contributed by atoms with Crippen molar-refractivity contribution in [3.8, 4) is 0 Å². The molecule has 134 valence electrons. The van der Waals surface area contributed by atoms with Crippen LogP contribution in [-0.2, 0) is 12.5 Å². The van der Waals surface area contributed by atoms with Crippen LogP contribution in [0.1, 0.15) is 44.9 Å². The first kappa shape index (κ1) is 18.7. The minimum Gasteiger partial charge on any atom is -0.262 e. The van der Waals surface area contributed by atoms with E-state index in [1.807, 2.05) is 24.4 Å². The van der Waals surface area contributed by atoms with E-state index < -0.39 is 8.07 Å². The highest BCUT2D eigenvalue weighted by atomic mass is 35.5. The van der Waals surface area contributed by atoms with Crippen molar-refractivity contribution in [1.82, 2.24) is 4.98 Å². The summed E-state index contributed by atoms with van der Waals surface area (Å²) in [7, 11) is -1.37. The molecule has 2 atom stereocenters. The Labute approximate surface area is 158 Å². The quantitative estimate of drug-likeness (QED) is 0.531. The Morgan fingerprint density at radius 3 is 2.52 bits per heavy atom. The summed E-state index contributed by atoms with van der Waals surface area (Å²) < 4.78 is 0. The average Bonchev–Trinajstić information content (AvgIpc) is 3.00. The predicted octanol–water partition coefficient (Wildman–Crippen LogP) is 6.72. The zero-order valence-electron chi connectivity index (χ0n) is 15.8. The molecule has 1 nitrogen and oxygen atoms in total. The summed E-state index contributed by atoms with van der Waals surface area (Å²) in [5.41, 5.74) is 2.73. The minimum atomic E-state index is -1.37. The standard InChI is InChI=1S/C22H30ClNSi/c1-22(2,3)25(17-21-6-4-5-14-24-21)15-13-19(16-25)8-7-18-9-11-20(23)12-10-18/h4-6,9-12,14,19H,7-8,13,15-17H2,1-3H3. The lowest BCUT2D eigenvalue weighted by Crippen LogP contribution is -2.44. The SMILES string of the molecule is CC(C)(C)[Si]1(Cc2ccccn2)CCC(CCc2ccc(Cl)cc2)C1. The lowest BCUT2D eigenvalue weighted by molar-refractivity contribution is 0.536. The summed E-state index contributed by atoms with van der Waals surface area (Å²) in [5, 5.41) is 1.28. The molecule has 0 radical (unpaired) electrons. The first-order valence-corrected chi connectivity index (χ1v) is 12.5. The van der Waals surface area contributed by atoms with E-state index in [0.717, 1.165) is 10.9 Å². The molecule has 25 heavy (non-hydrogen) atoms. The molecule has 1 aromatic heterocycles. The van der Waals surface area contributed by atoms with E-state index in [0.29, 0.717) is 5.04 Å². The van der Waals surface area contributed by atoms with Crippen LogP contribution in [-0.4, -0.2) is 13.1 Å². The number of aromatic nitrogens is 1. The molecular weight excluding hydrogens is 342 g/mol. The molecule has 0 spiro atoms. The van der Waals surface area contributed by atoms with Gasteiger partial charge >= 0.3 is 0 Å². The van der Waals surface area contributed by atoms with Gasteiger partial charge in [-0.25, -0.2) is 0 Å². The molecule has 1 saturated heterocycles.